The van der Waals surface area contributed by atoms with Crippen LogP contribution in [0.1, 0.15) is 12.8 Å². The van der Waals surface area contributed by atoms with Crippen molar-refractivity contribution in [3.63, 3.8) is 0 Å². The summed E-state index contributed by atoms with van der Waals surface area (Å²) in [5, 5.41) is 11.5. The predicted molar refractivity (Wildman–Crippen MR) is 28.7 cm³/mol. The van der Waals surface area contributed by atoms with E-state index in [0.717, 1.165) is 0 Å². The number of hydrogen-bond acceptors (Lipinski definition) is 2. The number of aliphatic carboxylic acids is 1. The van der Waals surface area contributed by atoms with Crippen LogP contribution in [0.5, 0.6) is 0 Å². The minimum Gasteiger partial charge on any atom is -0.481 e. The van der Waals surface area contributed by atoms with Gasteiger partial charge in [-0.05, 0) is 18.4 Å². The van der Waals surface area contributed by atoms with Crippen LogP contribution >= 0.6 is 0 Å². The Hall–Kier alpha value is -1.22. The average molecular weight is 127 g/mol. The van der Waals surface area contributed by atoms with Crippen molar-refractivity contribution in [3.05, 3.63) is 10.4 Å². The van der Waals surface area contributed by atoms with Crippen molar-refractivity contribution in [1.29, 1.82) is 0 Å². The molecular weight excluding hydrogens is 122 g/mol. The van der Waals surface area contributed by atoms with Gasteiger partial charge in [-0.15, -0.1) is 0 Å². The first kappa shape index (κ1) is 5.91. The molecule has 0 aromatic carbocycles. The molecule has 0 atom stereocenters. The fraction of sp³-hybridized carbons (Fsp3) is 0.750. The van der Waals surface area contributed by atoms with E-state index in [2.05, 4.69) is 10.0 Å². The normalized spacial score (nSPS) is 20.0. The highest BCUT2D eigenvalue weighted by Gasteiger charge is 2.49. The topological polar surface area (TPSA) is 86.1 Å². The third-order valence-electron chi connectivity index (χ3n) is 1.36. The molecule has 0 bridgehead atoms. The van der Waals surface area contributed by atoms with Gasteiger partial charge >= 0.3 is 5.97 Å². The highest BCUT2D eigenvalue weighted by Crippen LogP contribution is 2.39. The Morgan fingerprint density at radius 1 is 1.78 bits per heavy atom. The van der Waals surface area contributed by atoms with Gasteiger partial charge in [-0.2, -0.15) is 0 Å². The van der Waals surface area contributed by atoms with E-state index < -0.39 is 11.5 Å². The van der Waals surface area contributed by atoms with E-state index in [1.807, 2.05) is 0 Å². The first-order valence-corrected chi connectivity index (χ1v) is 2.51. The maximum absolute atomic E-state index is 10.2. The van der Waals surface area contributed by atoms with E-state index in [-0.39, 0.29) is 0 Å². The summed E-state index contributed by atoms with van der Waals surface area (Å²) >= 11 is 0. The second-order valence-electron chi connectivity index (χ2n) is 2.03. The molecule has 0 aromatic heterocycles. The second-order valence-corrected chi connectivity index (χ2v) is 2.03. The molecule has 1 N–H and O–H groups in total. The average Bonchev–Trinajstić information content (AvgIpc) is 2.49. The standard InChI is InChI=1S/C4H5N3O2/c5-7-6-4(1-2-4)3(8)9/h1-2H2,(H,8,9). The summed E-state index contributed by atoms with van der Waals surface area (Å²) in [6.07, 6.45) is 0.957. The van der Waals surface area contributed by atoms with Gasteiger partial charge in [0.2, 0.25) is 0 Å². The molecule has 0 unspecified atom stereocenters. The lowest BCUT2D eigenvalue weighted by molar-refractivity contribution is -0.139. The molecule has 0 spiro atoms. The third kappa shape index (κ3) is 0.816. The summed E-state index contributed by atoms with van der Waals surface area (Å²) in [6, 6.07) is 0. The maximum atomic E-state index is 10.2. The van der Waals surface area contributed by atoms with Crippen LogP contribution in [0, 0.1) is 0 Å². The van der Waals surface area contributed by atoms with Crippen LogP contribution < -0.4 is 0 Å². The molecule has 0 aromatic rings. The minimum atomic E-state index is -1.07. The van der Waals surface area contributed by atoms with Crippen molar-refractivity contribution in [1.82, 2.24) is 0 Å². The molecule has 48 valence electrons. The third-order valence-corrected chi connectivity index (χ3v) is 1.36. The summed E-state index contributed by atoms with van der Waals surface area (Å²) in [4.78, 5) is 12.6. The lowest BCUT2D eigenvalue weighted by Crippen LogP contribution is -2.17. The van der Waals surface area contributed by atoms with E-state index in [1.54, 1.807) is 0 Å². The van der Waals surface area contributed by atoms with Gasteiger partial charge in [-0.1, -0.05) is 5.11 Å². The van der Waals surface area contributed by atoms with Gasteiger partial charge in [0.15, 0.2) is 0 Å². The number of nitrogens with zero attached hydrogens (tertiary/aromatic N) is 3. The van der Waals surface area contributed by atoms with Crippen molar-refractivity contribution in [3.8, 4) is 0 Å². The molecule has 1 saturated carbocycles. The van der Waals surface area contributed by atoms with Gasteiger partial charge < -0.3 is 5.11 Å². The Bertz CT molecular complexity index is 186. The van der Waals surface area contributed by atoms with Crippen LogP contribution in [0.4, 0.5) is 0 Å². The van der Waals surface area contributed by atoms with Crippen LogP contribution in [-0.2, 0) is 4.79 Å². The zero-order valence-electron chi connectivity index (χ0n) is 4.61. The van der Waals surface area contributed by atoms with Crippen molar-refractivity contribution in [2.75, 3.05) is 0 Å². The largest absolute Gasteiger partial charge is 0.481 e. The van der Waals surface area contributed by atoms with Crippen molar-refractivity contribution in [2.24, 2.45) is 5.11 Å². The van der Waals surface area contributed by atoms with E-state index >= 15 is 0 Å². The molecule has 9 heavy (non-hydrogen) atoms. The van der Waals surface area contributed by atoms with Crippen LogP contribution in [0.3, 0.4) is 0 Å². The smallest absolute Gasteiger partial charge is 0.315 e. The second kappa shape index (κ2) is 1.63. The fourth-order valence-electron chi connectivity index (χ4n) is 0.561. The Balaban J connectivity index is 2.74. The summed E-state index contributed by atoms with van der Waals surface area (Å²) in [6.45, 7) is 0. The molecule has 1 aliphatic rings. The summed E-state index contributed by atoms with van der Waals surface area (Å²) in [7, 11) is 0. The van der Waals surface area contributed by atoms with Crippen LogP contribution in [0.2, 0.25) is 0 Å². The molecule has 5 heteroatoms. The highest BCUT2D eigenvalue weighted by molar-refractivity contribution is 5.82. The van der Waals surface area contributed by atoms with Crippen molar-refractivity contribution < 1.29 is 9.90 Å². The van der Waals surface area contributed by atoms with Crippen molar-refractivity contribution >= 4 is 5.97 Å². The lowest BCUT2D eigenvalue weighted by Gasteiger charge is -1.95. The maximum Gasteiger partial charge on any atom is 0.315 e. The number of carbonyl (C=O) groups is 1. The molecule has 0 radical (unpaired) electrons. The van der Waals surface area contributed by atoms with Crippen LogP contribution in [0.25, 0.3) is 10.4 Å². The number of carboxylic acid groups (broad SMARTS) is 1. The molecule has 0 heterocycles. The monoisotopic (exact) mass is 127 g/mol. The molecule has 5 nitrogen and oxygen atoms in total. The van der Waals surface area contributed by atoms with E-state index in [0.29, 0.717) is 12.8 Å². The Kier molecular flexibility index (Phi) is 1.07. The van der Waals surface area contributed by atoms with Gasteiger partial charge in [0, 0.05) is 4.91 Å². The summed E-state index contributed by atoms with van der Waals surface area (Å²) in [5.41, 5.74) is 6.81. The highest BCUT2D eigenvalue weighted by atomic mass is 16.4. The number of rotatable bonds is 2. The SMILES string of the molecule is [N-]=[N+]=NC1(C(=O)O)CC1. The molecular formula is C4H5N3O2. The molecule has 1 fully saturated rings. The zero-order chi connectivity index (χ0) is 6.91. The fourth-order valence-corrected chi connectivity index (χ4v) is 0.561. The first-order chi connectivity index (χ1) is 4.21. The molecule has 1 rings (SSSR count). The lowest BCUT2D eigenvalue weighted by atomic mass is 10.3. The minimum absolute atomic E-state index is 0.479. The Labute approximate surface area is 50.9 Å². The quantitative estimate of drug-likeness (QED) is 0.339. The van der Waals surface area contributed by atoms with E-state index in [9.17, 15) is 4.79 Å². The zero-order valence-corrected chi connectivity index (χ0v) is 4.61. The summed E-state index contributed by atoms with van der Waals surface area (Å²) < 4.78 is 0. The van der Waals surface area contributed by atoms with Gasteiger partial charge in [0.1, 0.15) is 5.54 Å². The van der Waals surface area contributed by atoms with Gasteiger partial charge in [-0.25, -0.2) is 0 Å². The molecule has 0 aliphatic heterocycles. The molecule has 0 amide bonds. The van der Waals surface area contributed by atoms with Gasteiger partial charge in [0.05, 0.1) is 0 Å². The van der Waals surface area contributed by atoms with Crippen LogP contribution in [-0.4, -0.2) is 16.6 Å². The van der Waals surface area contributed by atoms with Crippen LogP contribution in [0.15, 0.2) is 5.11 Å². The Morgan fingerprint density at radius 2 is 2.33 bits per heavy atom. The molecule has 1 aliphatic carbocycles. The molecule has 0 saturated heterocycles. The predicted octanol–water partition coefficient (Wildman–Crippen LogP) is 0.914. The number of hydrogen-bond donors (Lipinski definition) is 1. The van der Waals surface area contributed by atoms with Crippen molar-refractivity contribution in [2.45, 2.75) is 18.4 Å². The van der Waals surface area contributed by atoms with E-state index in [1.165, 1.54) is 0 Å². The number of azide groups is 1. The van der Waals surface area contributed by atoms with E-state index in [4.69, 9.17) is 10.6 Å². The Morgan fingerprint density at radius 3 is 2.44 bits per heavy atom. The number of carboxylic acids is 1. The first-order valence-electron chi connectivity index (χ1n) is 2.51. The van der Waals surface area contributed by atoms with Gasteiger partial charge in [0.25, 0.3) is 0 Å². The van der Waals surface area contributed by atoms with Gasteiger partial charge in [-0.3, -0.25) is 4.79 Å². The summed E-state index contributed by atoms with van der Waals surface area (Å²) in [5.74, 6) is -1.01.